The Morgan fingerprint density at radius 3 is 2.81 bits per heavy atom. The van der Waals surface area contributed by atoms with Crippen LogP contribution in [-0.2, 0) is 13.1 Å². The van der Waals surface area contributed by atoms with Gasteiger partial charge in [-0.25, -0.2) is 4.39 Å². The molecule has 0 saturated carbocycles. The second-order valence-corrected chi connectivity index (χ2v) is 8.34. The maximum Gasteiger partial charge on any atom is 0.251 e. The Bertz CT molecular complexity index is 1140. The molecule has 3 aromatic rings. The molecular weight excluding hydrogens is 456 g/mol. The highest BCUT2D eigenvalue weighted by Gasteiger charge is 2.27. The molecule has 7 nitrogen and oxygen atoms in total. The predicted octanol–water partition coefficient (Wildman–Crippen LogP) is 2.54. The standard InChI is InChI=1S/C22H25ClFN5O2.ClH/c1-14-17(23)8-15(10-25-14)11-26-19-4-5-28(13-21(19)30)6-7-29-20-9-16(24)12-27-18(20)2-3-22(29)31;/h2-3,8-10,12,19,21,26,30H,4-7,11,13H2,1H3;1H/t19-,21+;/m0./s1. The zero-order valence-corrected chi connectivity index (χ0v) is 19.2. The maximum absolute atomic E-state index is 13.6. The van der Waals surface area contributed by atoms with E-state index in [9.17, 15) is 14.3 Å². The zero-order chi connectivity index (χ0) is 22.0. The molecule has 4 heterocycles. The number of β-amino-alcohol motifs (C(OH)–C–C–N with tert-alkyl or cyclic N) is 1. The van der Waals surface area contributed by atoms with Crippen molar-refractivity contribution in [2.45, 2.75) is 38.6 Å². The minimum atomic E-state index is -0.536. The number of hydrogen-bond acceptors (Lipinski definition) is 6. The zero-order valence-electron chi connectivity index (χ0n) is 17.7. The number of likely N-dealkylation sites (tertiary alicyclic amines) is 1. The van der Waals surface area contributed by atoms with Gasteiger partial charge in [0.1, 0.15) is 5.82 Å². The van der Waals surface area contributed by atoms with Crippen LogP contribution < -0.4 is 10.9 Å². The lowest BCUT2D eigenvalue weighted by Gasteiger charge is -2.36. The summed E-state index contributed by atoms with van der Waals surface area (Å²) in [5.74, 6) is -0.473. The molecule has 0 aliphatic carbocycles. The molecule has 3 aromatic heterocycles. The van der Waals surface area contributed by atoms with Gasteiger partial charge in [-0.2, -0.15) is 0 Å². The molecule has 0 amide bonds. The number of piperidine rings is 1. The number of nitrogens with zero attached hydrogens (tertiary/aromatic N) is 4. The Labute approximate surface area is 196 Å². The molecule has 1 fully saturated rings. The van der Waals surface area contributed by atoms with Crippen molar-refractivity contribution in [3.63, 3.8) is 0 Å². The number of aliphatic hydroxyl groups is 1. The third-order valence-electron chi connectivity index (χ3n) is 5.76. The lowest BCUT2D eigenvalue weighted by Crippen LogP contribution is -2.53. The molecule has 0 spiro atoms. The largest absolute Gasteiger partial charge is 0.390 e. The molecule has 10 heteroatoms. The summed E-state index contributed by atoms with van der Waals surface area (Å²) in [6.07, 6.45) is 3.17. The van der Waals surface area contributed by atoms with Crippen LogP contribution in [0.1, 0.15) is 17.7 Å². The Hall–Kier alpha value is -2.10. The van der Waals surface area contributed by atoms with Crippen LogP contribution in [0.4, 0.5) is 4.39 Å². The first-order chi connectivity index (χ1) is 14.9. The van der Waals surface area contributed by atoms with Gasteiger partial charge in [-0.3, -0.25) is 19.7 Å². The molecule has 1 aliphatic rings. The average Bonchev–Trinajstić information content (AvgIpc) is 2.74. The molecule has 172 valence electrons. The first-order valence-electron chi connectivity index (χ1n) is 10.3. The number of halogens is 3. The van der Waals surface area contributed by atoms with Crippen molar-refractivity contribution >= 4 is 35.0 Å². The van der Waals surface area contributed by atoms with Gasteiger partial charge in [0.05, 0.1) is 34.1 Å². The van der Waals surface area contributed by atoms with Crippen molar-refractivity contribution in [3.05, 3.63) is 69.1 Å². The number of hydrogen-bond donors (Lipinski definition) is 2. The second-order valence-electron chi connectivity index (χ2n) is 7.94. The number of pyridine rings is 3. The summed E-state index contributed by atoms with van der Waals surface area (Å²) < 4.78 is 15.2. The number of aliphatic hydroxyl groups excluding tert-OH is 1. The van der Waals surface area contributed by atoms with E-state index in [1.807, 2.05) is 13.0 Å². The quantitative estimate of drug-likeness (QED) is 0.562. The molecule has 0 radical (unpaired) electrons. The van der Waals surface area contributed by atoms with Crippen LogP contribution in [0.3, 0.4) is 0 Å². The van der Waals surface area contributed by atoms with E-state index < -0.39 is 11.9 Å². The van der Waals surface area contributed by atoms with Gasteiger partial charge in [-0.15, -0.1) is 12.4 Å². The van der Waals surface area contributed by atoms with Gasteiger partial charge in [-0.05, 0) is 37.6 Å². The Morgan fingerprint density at radius 2 is 2.06 bits per heavy atom. The summed E-state index contributed by atoms with van der Waals surface area (Å²) in [6.45, 7) is 4.71. The van der Waals surface area contributed by atoms with Crippen molar-refractivity contribution < 1.29 is 9.50 Å². The van der Waals surface area contributed by atoms with Crippen molar-refractivity contribution in [1.82, 2.24) is 24.8 Å². The van der Waals surface area contributed by atoms with Gasteiger partial charge in [0.25, 0.3) is 5.56 Å². The van der Waals surface area contributed by atoms with Gasteiger partial charge >= 0.3 is 0 Å². The summed E-state index contributed by atoms with van der Waals surface area (Å²) in [5, 5.41) is 14.6. The van der Waals surface area contributed by atoms with Crippen molar-refractivity contribution in [2.75, 3.05) is 19.6 Å². The smallest absolute Gasteiger partial charge is 0.251 e. The number of aromatic nitrogens is 3. The van der Waals surface area contributed by atoms with E-state index in [0.29, 0.717) is 42.2 Å². The third kappa shape index (κ3) is 5.63. The molecule has 32 heavy (non-hydrogen) atoms. The van der Waals surface area contributed by atoms with Crippen LogP contribution in [0.2, 0.25) is 5.02 Å². The number of fused-ring (bicyclic) bond motifs is 1. The van der Waals surface area contributed by atoms with Crippen LogP contribution in [0.25, 0.3) is 11.0 Å². The van der Waals surface area contributed by atoms with Crippen LogP contribution in [0.5, 0.6) is 0 Å². The minimum Gasteiger partial charge on any atom is -0.390 e. The molecule has 0 aromatic carbocycles. The third-order valence-corrected chi connectivity index (χ3v) is 6.14. The first-order valence-corrected chi connectivity index (χ1v) is 10.7. The Balaban J connectivity index is 0.00000289. The van der Waals surface area contributed by atoms with Crippen LogP contribution in [0.15, 0.2) is 41.5 Å². The molecule has 0 bridgehead atoms. The van der Waals surface area contributed by atoms with Gasteiger partial charge in [0.15, 0.2) is 0 Å². The van der Waals surface area contributed by atoms with Crippen molar-refractivity contribution in [3.8, 4) is 0 Å². The van der Waals surface area contributed by atoms with E-state index in [-0.39, 0.29) is 24.0 Å². The summed E-state index contributed by atoms with van der Waals surface area (Å²) >= 11 is 6.13. The molecule has 4 rings (SSSR count). The molecule has 1 saturated heterocycles. The normalized spacial score (nSPS) is 19.1. The Kier molecular flexibility index (Phi) is 8.19. The average molecular weight is 482 g/mol. The predicted molar refractivity (Wildman–Crippen MR) is 125 cm³/mol. The first kappa shape index (κ1) is 24.5. The van der Waals surface area contributed by atoms with E-state index in [4.69, 9.17) is 11.6 Å². The summed E-state index contributed by atoms with van der Waals surface area (Å²) in [5.41, 5.74) is 2.64. The van der Waals surface area contributed by atoms with Crippen LogP contribution in [-0.4, -0.2) is 56.3 Å². The topological polar surface area (TPSA) is 83.3 Å². The monoisotopic (exact) mass is 481 g/mol. The van der Waals surface area contributed by atoms with Crippen molar-refractivity contribution in [1.29, 1.82) is 0 Å². The molecule has 2 N–H and O–H groups in total. The van der Waals surface area contributed by atoms with Crippen molar-refractivity contribution in [2.24, 2.45) is 0 Å². The molecular formula is C22H26Cl2FN5O2. The van der Waals surface area contributed by atoms with Gasteiger partial charge < -0.3 is 15.0 Å². The maximum atomic E-state index is 13.6. The van der Waals surface area contributed by atoms with E-state index in [1.54, 1.807) is 12.3 Å². The lowest BCUT2D eigenvalue weighted by molar-refractivity contribution is 0.0385. The highest BCUT2D eigenvalue weighted by Crippen LogP contribution is 2.16. The highest BCUT2D eigenvalue weighted by molar-refractivity contribution is 6.31. The number of aryl methyl sites for hydroxylation is 1. The summed E-state index contributed by atoms with van der Waals surface area (Å²) in [6, 6.07) is 6.24. The molecule has 1 aliphatic heterocycles. The van der Waals surface area contributed by atoms with Gasteiger partial charge in [0.2, 0.25) is 0 Å². The SMILES string of the molecule is Cc1ncc(CN[C@H]2CCN(CCn3c(=O)ccc4ncc(F)cc43)C[C@H]2O)cc1Cl.Cl. The van der Waals surface area contributed by atoms with E-state index in [0.717, 1.165) is 30.4 Å². The van der Waals surface area contributed by atoms with Gasteiger partial charge in [-0.1, -0.05) is 11.6 Å². The Morgan fingerprint density at radius 1 is 1.25 bits per heavy atom. The lowest BCUT2D eigenvalue weighted by atomic mass is 10.0. The molecule has 2 atom stereocenters. The van der Waals surface area contributed by atoms with Crippen LogP contribution >= 0.6 is 24.0 Å². The van der Waals surface area contributed by atoms with Gasteiger partial charge in [0, 0.05) is 50.6 Å². The minimum absolute atomic E-state index is 0. The van der Waals surface area contributed by atoms with E-state index in [1.165, 1.54) is 16.7 Å². The van der Waals surface area contributed by atoms with Crippen LogP contribution in [0, 0.1) is 12.7 Å². The fourth-order valence-electron chi connectivity index (χ4n) is 3.94. The summed E-state index contributed by atoms with van der Waals surface area (Å²) in [7, 11) is 0. The fourth-order valence-corrected chi connectivity index (χ4v) is 4.13. The second kappa shape index (κ2) is 10.7. The fraction of sp³-hybridized carbons (Fsp3) is 0.409. The number of rotatable bonds is 6. The summed E-state index contributed by atoms with van der Waals surface area (Å²) in [4.78, 5) is 22.7. The highest BCUT2D eigenvalue weighted by atomic mass is 35.5. The van der Waals surface area contributed by atoms with E-state index in [2.05, 4.69) is 20.2 Å². The molecule has 0 unspecified atom stereocenters. The van der Waals surface area contributed by atoms with E-state index >= 15 is 0 Å². The number of nitrogens with one attached hydrogen (secondary N) is 1.